The topological polar surface area (TPSA) is 161 Å². The molecule has 206 valence electrons. The molecule has 1 rings (SSSR count). The number of esters is 1. The first-order valence-corrected chi connectivity index (χ1v) is 12.1. The SMILES string of the molecule is CCOC(=O)[C@H](CCCCNC(=O)CNC(=O)CNC(=O)OCc1ccccc1)NC(=O)OC(C)(C)C. The lowest BCUT2D eigenvalue weighted by Crippen LogP contribution is -2.44. The van der Waals surface area contributed by atoms with Crippen LogP contribution in [0, 0.1) is 0 Å². The Morgan fingerprint density at radius 2 is 1.49 bits per heavy atom. The molecule has 0 radical (unpaired) electrons. The summed E-state index contributed by atoms with van der Waals surface area (Å²) < 4.78 is 15.2. The first kappa shape index (κ1) is 31.2. The quantitative estimate of drug-likeness (QED) is 0.163. The smallest absolute Gasteiger partial charge is 0.408 e. The Hall–Kier alpha value is -3.83. The molecular formula is C25H38N4O8. The average Bonchev–Trinajstić information content (AvgIpc) is 2.83. The molecule has 0 aliphatic rings. The number of hydrogen-bond donors (Lipinski definition) is 4. The lowest BCUT2D eigenvalue weighted by Gasteiger charge is -2.22. The molecule has 37 heavy (non-hydrogen) atoms. The van der Waals surface area contributed by atoms with E-state index < -0.39 is 41.6 Å². The van der Waals surface area contributed by atoms with Crippen LogP contribution < -0.4 is 21.3 Å². The maximum absolute atomic E-state index is 12.1. The van der Waals surface area contributed by atoms with Crippen LogP contribution in [0.1, 0.15) is 52.5 Å². The second-order valence-electron chi connectivity index (χ2n) is 8.99. The largest absolute Gasteiger partial charge is 0.464 e. The Morgan fingerprint density at radius 3 is 2.14 bits per heavy atom. The summed E-state index contributed by atoms with van der Waals surface area (Å²) in [7, 11) is 0. The van der Waals surface area contributed by atoms with Gasteiger partial charge >= 0.3 is 18.2 Å². The van der Waals surface area contributed by atoms with Gasteiger partial charge in [0.2, 0.25) is 11.8 Å². The van der Waals surface area contributed by atoms with Gasteiger partial charge in [-0.25, -0.2) is 14.4 Å². The van der Waals surface area contributed by atoms with Crippen molar-refractivity contribution in [2.75, 3.05) is 26.2 Å². The number of rotatable bonds is 14. The third-order valence-corrected chi connectivity index (χ3v) is 4.56. The summed E-state index contributed by atoms with van der Waals surface area (Å²) in [5, 5.41) is 9.87. The van der Waals surface area contributed by atoms with Crippen molar-refractivity contribution in [3.8, 4) is 0 Å². The van der Waals surface area contributed by atoms with Crippen molar-refractivity contribution in [1.29, 1.82) is 0 Å². The van der Waals surface area contributed by atoms with Crippen molar-refractivity contribution in [2.45, 2.75) is 65.2 Å². The van der Waals surface area contributed by atoms with E-state index in [1.807, 2.05) is 18.2 Å². The molecule has 0 aliphatic heterocycles. The van der Waals surface area contributed by atoms with E-state index in [4.69, 9.17) is 14.2 Å². The summed E-state index contributed by atoms with van der Waals surface area (Å²) in [6, 6.07) is 8.23. The minimum atomic E-state index is -0.864. The van der Waals surface area contributed by atoms with E-state index >= 15 is 0 Å². The van der Waals surface area contributed by atoms with Crippen LogP contribution in [-0.4, -0.2) is 67.9 Å². The number of amides is 4. The summed E-state index contributed by atoms with van der Waals surface area (Å²) in [6.07, 6.45) is -0.114. The number of hydrogen-bond acceptors (Lipinski definition) is 8. The van der Waals surface area contributed by atoms with Gasteiger partial charge in [-0.2, -0.15) is 0 Å². The van der Waals surface area contributed by atoms with E-state index in [0.717, 1.165) is 5.56 Å². The zero-order valence-corrected chi connectivity index (χ0v) is 21.9. The van der Waals surface area contributed by atoms with Crippen LogP contribution in [0.15, 0.2) is 30.3 Å². The molecule has 4 amide bonds. The predicted molar refractivity (Wildman–Crippen MR) is 134 cm³/mol. The third-order valence-electron chi connectivity index (χ3n) is 4.56. The van der Waals surface area contributed by atoms with E-state index in [2.05, 4.69) is 21.3 Å². The van der Waals surface area contributed by atoms with Gasteiger partial charge in [-0.05, 0) is 52.5 Å². The standard InChI is InChI=1S/C25H38N4O8/c1-5-35-22(32)19(29-24(34)37-25(2,3)4)13-9-10-14-26-20(30)15-27-21(31)16-28-23(33)36-17-18-11-7-6-8-12-18/h6-8,11-12,19H,5,9-10,13-17H2,1-4H3,(H,26,30)(H,27,31)(H,28,33)(H,29,34)/t19-/m0/s1. The van der Waals surface area contributed by atoms with Gasteiger partial charge in [-0.1, -0.05) is 30.3 Å². The fourth-order valence-corrected chi connectivity index (χ4v) is 2.87. The number of carbonyl (C=O) groups is 5. The van der Waals surface area contributed by atoms with Crippen molar-refractivity contribution in [3.63, 3.8) is 0 Å². The van der Waals surface area contributed by atoms with Gasteiger partial charge in [0.25, 0.3) is 0 Å². The van der Waals surface area contributed by atoms with Crippen LogP contribution in [0.2, 0.25) is 0 Å². The Balaban J connectivity index is 2.22. The molecule has 0 aliphatic carbocycles. The maximum atomic E-state index is 12.1. The Kier molecular flexibility index (Phi) is 14.1. The normalized spacial score (nSPS) is 11.5. The molecule has 0 aromatic heterocycles. The molecular weight excluding hydrogens is 484 g/mol. The van der Waals surface area contributed by atoms with Crippen LogP contribution in [0.5, 0.6) is 0 Å². The third kappa shape index (κ3) is 15.7. The maximum Gasteiger partial charge on any atom is 0.408 e. The van der Waals surface area contributed by atoms with Crippen LogP contribution in [-0.2, 0) is 35.2 Å². The number of ether oxygens (including phenoxy) is 3. The summed E-state index contributed by atoms with van der Waals surface area (Å²) in [6.45, 7) is 6.79. The summed E-state index contributed by atoms with van der Waals surface area (Å²) in [5.41, 5.74) is 0.111. The molecule has 1 aromatic rings. The highest BCUT2D eigenvalue weighted by Gasteiger charge is 2.25. The Bertz CT molecular complexity index is 886. The van der Waals surface area contributed by atoms with Crippen molar-refractivity contribution >= 4 is 30.0 Å². The van der Waals surface area contributed by atoms with E-state index in [0.29, 0.717) is 25.8 Å². The molecule has 0 heterocycles. The zero-order valence-electron chi connectivity index (χ0n) is 21.9. The molecule has 0 bridgehead atoms. The number of unbranched alkanes of at least 4 members (excludes halogenated alkanes) is 1. The first-order valence-electron chi connectivity index (χ1n) is 12.1. The van der Waals surface area contributed by atoms with Gasteiger partial charge in [0.1, 0.15) is 24.8 Å². The van der Waals surface area contributed by atoms with Crippen LogP contribution in [0.4, 0.5) is 9.59 Å². The lowest BCUT2D eigenvalue weighted by molar-refractivity contribution is -0.145. The van der Waals surface area contributed by atoms with Crippen molar-refractivity contribution in [2.24, 2.45) is 0 Å². The molecule has 12 nitrogen and oxygen atoms in total. The minimum absolute atomic E-state index is 0.0777. The number of alkyl carbamates (subject to hydrolysis) is 2. The van der Waals surface area contributed by atoms with Crippen LogP contribution in [0.25, 0.3) is 0 Å². The molecule has 0 saturated heterocycles. The summed E-state index contributed by atoms with van der Waals surface area (Å²) in [5.74, 6) is -1.51. The predicted octanol–water partition coefficient (Wildman–Crippen LogP) is 1.77. The van der Waals surface area contributed by atoms with Gasteiger partial charge < -0.3 is 35.5 Å². The Morgan fingerprint density at radius 1 is 0.838 bits per heavy atom. The molecule has 4 N–H and O–H groups in total. The summed E-state index contributed by atoms with van der Waals surface area (Å²) >= 11 is 0. The van der Waals surface area contributed by atoms with Gasteiger partial charge in [0, 0.05) is 6.54 Å². The average molecular weight is 523 g/mol. The van der Waals surface area contributed by atoms with Crippen LogP contribution >= 0.6 is 0 Å². The zero-order chi connectivity index (χ0) is 27.7. The highest BCUT2D eigenvalue weighted by Crippen LogP contribution is 2.09. The second-order valence-corrected chi connectivity index (χ2v) is 8.99. The van der Waals surface area contributed by atoms with E-state index in [1.54, 1.807) is 39.8 Å². The summed E-state index contributed by atoms with van der Waals surface area (Å²) in [4.78, 5) is 59.5. The monoisotopic (exact) mass is 522 g/mol. The molecule has 0 unspecified atom stereocenters. The van der Waals surface area contributed by atoms with E-state index in [1.165, 1.54) is 0 Å². The van der Waals surface area contributed by atoms with Gasteiger partial charge in [0.05, 0.1) is 13.2 Å². The number of benzene rings is 1. The molecule has 0 saturated carbocycles. The number of nitrogens with one attached hydrogen (secondary N) is 4. The molecule has 0 spiro atoms. The Labute approximate surface area is 217 Å². The van der Waals surface area contributed by atoms with E-state index in [-0.39, 0.29) is 26.3 Å². The molecule has 12 heteroatoms. The molecule has 1 atom stereocenters. The molecule has 0 fully saturated rings. The van der Waals surface area contributed by atoms with Gasteiger partial charge in [-0.15, -0.1) is 0 Å². The number of carbonyl (C=O) groups excluding carboxylic acids is 5. The van der Waals surface area contributed by atoms with Crippen LogP contribution in [0.3, 0.4) is 0 Å². The lowest BCUT2D eigenvalue weighted by atomic mass is 10.1. The fourth-order valence-electron chi connectivity index (χ4n) is 2.87. The van der Waals surface area contributed by atoms with E-state index in [9.17, 15) is 24.0 Å². The van der Waals surface area contributed by atoms with Gasteiger partial charge in [-0.3, -0.25) is 9.59 Å². The highest BCUT2D eigenvalue weighted by atomic mass is 16.6. The molecule has 1 aromatic carbocycles. The van der Waals surface area contributed by atoms with Crippen molar-refractivity contribution < 1.29 is 38.2 Å². The minimum Gasteiger partial charge on any atom is -0.464 e. The fraction of sp³-hybridized carbons (Fsp3) is 0.560. The highest BCUT2D eigenvalue weighted by molar-refractivity contribution is 5.87. The van der Waals surface area contributed by atoms with Crippen molar-refractivity contribution in [1.82, 2.24) is 21.3 Å². The van der Waals surface area contributed by atoms with Gasteiger partial charge in [0.15, 0.2) is 0 Å². The first-order chi connectivity index (χ1) is 17.5. The second kappa shape index (κ2) is 16.8. The van der Waals surface area contributed by atoms with Crippen molar-refractivity contribution in [3.05, 3.63) is 35.9 Å².